The average molecular weight is 318 g/mol. The second-order valence-corrected chi connectivity index (χ2v) is 6.20. The zero-order valence-electron chi connectivity index (χ0n) is 14.4. The van der Waals surface area contributed by atoms with Crippen LogP contribution in [-0.2, 0) is 20.7 Å². The molecule has 2 rings (SSSR count). The SMILES string of the molecule is CCc1cccc(C)c1NC(=O)[C@H]1CC(=O)N([C@@H](C)COC)C1. The highest BCUT2D eigenvalue weighted by atomic mass is 16.5. The van der Waals surface area contributed by atoms with E-state index in [0.29, 0.717) is 13.2 Å². The Kier molecular flexibility index (Phi) is 5.77. The zero-order chi connectivity index (χ0) is 17.0. The van der Waals surface area contributed by atoms with E-state index in [-0.39, 0.29) is 30.2 Å². The van der Waals surface area contributed by atoms with E-state index < -0.39 is 0 Å². The smallest absolute Gasteiger partial charge is 0.229 e. The first-order valence-corrected chi connectivity index (χ1v) is 8.15. The molecule has 1 aliphatic heterocycles. The van der Waals surface area contributed by atoms with Crippen LogP contribution in [0.25, 0.3) is 0 Å². The Morgan fingerprint density at radius 2 is 2.22 bits per heavy atom. The quantitative estimate of drug-likeness (QED) is 0.876. The number of methoxy groups -OCH3 is 1. The third-order valence-corrected chi connectivity index (χ3v) is 4.46. The summed E-state index contributed by atoms with van der Waals surface area (Å²) >= 11 is 0. The first-order chi connectivity index (χ1) is 11.0. The van der Waals surface area contributed by atoms with Gasteiger partial charge in [0.05, 0.1) is 18.6 Å². The molecule has 0 bridgehead atoms. The molecule has 5 heteroatoms. The lowest BCUT2D eigenvalue weighted by atomic mass is 10.0. The van der Waals surface area contributed by atoms with Gasteiger partial charge in [-0.25, -0.2) is 0 Å². The Labute approximate surface area is 138 Å². The van der Waals surface area contributed by atoms with Crippen molar-refractivity contribution in [2.24, 2.45) is 5.92 Å². The summed E-state index contributed by atoms with van der Waals surface area (Å²) in [4.78, 5) is 26.5. The molecular formula is C18H26N2O3. The first-order valence-electron chi connectivity index (χ1n) is 8.15. The normalized spacial score (nSPS) is 19.0. The molecule has 0 unspecified atom stereocenters. The topological polar surface area (TPSA) is 58.6 Å². The van der Waals surface area contributed by atoms with Crippen molar-refractivity contribution in [3.63, 3.8) is 0 Å². The van der Waals surface area contributed by atoms with Gasteiger partial charge in [-0.15, -0.1) is 0 Å². The largest absolute Gasteiger partial charge is 0.383 e. The Morgan fingerprint density at radius 1 is 1.48 bits per heavy atom. The summed E-state index contributed by atoms with van der Waals surface area (Å²) in [5, 5.41) is 3.03. The molecule has 1 fully saturated rings. The van der Waals surface area contributed by atoms with Gasteiger partial charge in [0.2, 0.25) is 11.8 Å². The molecule has 0 spiro atoms. The van der Waals surface area contributed by atoms with Crippen LogP contribution in [0.2, 0.25) is 0 Å². The number of hydrogen-bond donors (Lipinski definition) is 1. The lowest BCUT2D eigenvalue weighted by Gasteiger charge is -2.24. The van der Waals surface area contributed by atoms with Gasteiger partial charge in [0.25, 0.3) is 0 Å². The van der Waals surface area contributed by atoms with E-state index in [0.717, 1.165) is 23.2 Å². The molecule has 126 valence electrons. The van der Waals surface area contributed by atoms with Gasteiger partial charge in [-0.05, 0) is 31.4 Å². The van der Waals surface area contributed by atoms with E-state index in [9.17, 15) is 9.59 Å². The summed E-state index contributed by atoms with van der Waals surface area (Å²) in [6.45, 7) is 6.94. The van der Waals surface area contributed by atoms with Crippen LogP contribution >= 0.6 is 0 Å². The molecule has 1 aliphatic rings. The maximum Gasteiger partial charge on any atom is 0.229 e. The molecular weight excluding hydrogens is 292 g/mol. The third kappa shape index (κ3) is 3.91. The van der Waals surface area contributed by atoms with Gasteiger partial charge in [-0.2, -0.15) is 0 Å². The fraction of sp³-hybridized carbons (Fsp3) is 0.556. The second kappa shape index (κ2) is 7.59. The van der Waals surface area contributed by atoms with Crippen molar-refractivity contribution in [1.29, 1.82) is 0 Å². The number of carbonyl (C=O) groups is 2. The number of anilines is 1. The molecule has 1 aromatic carbocycles. The molecule has 1 saturated heterocycles. The molecule has 5 nitrogen and oxygen atoms in total. The van der Waals surface area contributed by atoms with Gasteiger partial charge >= 0.3 is 0 Å². The number of nitrogens with zero attached hydrogens (tertiary/aromatic N) is 1. The molecule has 2 atom stereocenters. The number of amides is 2. The van der Waals surface area contributed by atoms with E-state index in [1.54, 1.807) is 12.0 Å². The summed E-state index contributed by atoms with van der Waals surface area (Å²) in [6, 6.07) is 6.00. The maximum absolute atomic E-state index is 12.6. The fourth-order valence-corrected chi connectivity index (χ4v) is 3.09. The number of para-hydroxylation sites is 1. The lowest BCUT2D eigenvalue weighted by Crippen LogP contribution is -2.38. The predicted octanol–water partition coefficient (Wildman–Crippen LogP) is 2.38. The monoisotopic (exact) mass is 318 g/mol. The lowest BCUT2D eigenvalue weighted by molar-refractivity contribution is -0.130. The number of nitrogens with one attached hydrogen (secondary N) is 1. The van der Waals surface area contributed by atoms with Crippen molar-refractivity contribution in [3.05, 3.63) is 29.3 Å². The molecule has 1 heterocycles. The minimum Gasteiger partial charge on any atom is -0.383 e. The summed E-state index contributed by atoms with van der Waals surface area (Å²) in [6.07, 6.45) is 1.13. The van der Waals surface area contributed by atoms with Crippen molar-refractivity contribution in [2.45, 2.75) is 39.7 Å². The number of benzene rings is 1. The average Bonchev–Trinajstić information content (AvgIpc) is 2.91. The summed E-state index contributed by atoms with van der Waals surface area (Å²) < 4.78 is 5.11. The van der Waals surface area contributed by atoms with Gasteiger partial charge in [0.1, 0.15) is 0 Å². The van der Waals surface area contributed by atoms with E-state index >= 15 is 0 Å². The number of ether oxygens (including phenoxy) is 1. The van der Waals surface area contributed by atoms with E-state index in [1.165, 1.54) is 0 Å². The fourth-order valence-electron chi connectivity index (χ4n) is 3.09. The van der Waals surface area contributed by atoms with Crippen molar-refractivity contribution in [2.75, 3.05) is 25.6 Å². The van der Waals surface area contributed by atoms with Crippen LogP contribution in [0.1, 0.15) is 31.4 Å². The number of carbonyl (C=O) groups excluding carboxylic acids is 2. The highest BCUT2D eigenvalue weighted by Gasteiger charge is 2.36. The zero-order valence-corrected chi connectivity index (χ0v) is 14.4. The van der Waals surface area contributed by atoms with Crippen LogP contribution in [0.15, 0.2) is 18.2 Å². The van der Waals surface area contributed by atoms with Crippen molar-refractivity contribution < 1.29 is 14.3 Å². The van der Waals surface area contributed by atoms with Crippen LogP contribution < -0.4 is 5.32 Å². The van der Waals surface area contributed by atoms with Crippen LogP contribution in [-0.4, -0.2) is 43.0 Å². The predicted molar refractivity (Wildman–Crippen MR) is 90.3 cm³/mol. The van der Waals surface area contributed by atoms with E-state index in [1.807, 2.05) is 32.0 Å². The van der Waals surface area contributed by atoms with Crippen LogP contribution in [0, 0.1) is 12.8 Å². The molecule has 0 saturated carbocycles. The van der Waals surface area contributed by atoms with Crippen LogP contribution in [0.3, 0.4) is 0 Å². The summed E-state index contributed by atoms with van der Waals surface area (Å²) in [7, 11) is 1.62. The molecule has 23 heavy (non-hydrogen) atoms. The van der Waals surface area contributed by atoms with Crippen LogP contribution in [0.5, 0.6) is 0 Å². The number of rotatable bonds is 6. The van der Waals surface area contributed by atoms with Crippen LogP contribution in [0.4, 0.5) is 5.69 Å². The molecule has 1 N–H and O–H groups in total. The Hall–Kier alpha value is -1.88. The molecule has 1 aromatic rings. The summed E-state index contributed by atoms with van der Waals surface area (Å²) in [5.74, 6) is -0.351. The Morgan fingerprint density at radius 3 is 2.87 bits per heavy atom. The van der Waals surface area contributed by atoms with Gasteiger partial charge in [-0.1, -0.05) is 25.1 Å². The maximum atomic E-state index is 12.6. The van der Waals surface area contributed by atoms with E-state index in [2.05, 4.69) is 12.2 Å². The van der Waals surface area contributed by atoms with Gasteiger partial charge in [-0.3, -0.25) is 9.59 Å². The van der Waals surface area contributed by atoms with Gasteiger partial charge in [0, 0.05) is 25.8 Å². The highest BCUT2D eigenvalue weighted by Crippen LogP contribution is 2.25. The highest BCUT2D eigenvalue weighted by molar-refractivity contribution is 5.98. The van der Waals surface area contributed by atoms with Gasteiger partial charge < -0.3 is 15.0 Å². The summed E-state index contributed by atoms with van der Waals surface area (Å²) in [5.41, 5.74) is 3.05. The molecule has 0 aliphatic carbocycles. The number of likely N-dealkylation sites (tertiary alicyclic amines) is 1. The van der Waals surface area contributed by atoms with E-state index in [4.69, 9.17) is 4.74 Å². The minimum atomic E-state index is -0.300. The first kappa shape index (κ1) is 17.5. The molecule has 0 aromatic heterocycles. The molecule has 2 amide bonds. The number of hydrogen-bond acceptors (Lipinski definition) is 3. The number of aryl methyl sites for hydroxylation is 2. The van der Waals surface area contributed by atoms with Crippen molar-refractivity contribution >= 4 is 17.5 Å². The van der Waals surface area contributed by atoms with Gasteiger partial charge in [0.15, 0.2) is 0 Å². The standard InChI is InChI=1S/C18H26N2O3/c1-5-14-8-6-7-12(2)17(14)19-18(22)15-9-16(21)20(10-15)13(3)11-23-4/h6-8,13,15H,5,9-11H2,1-4H3,(H,19,22)/t13-,15-/m0/s1. The minimum absolute atomic E-state index is 0.00466. The Balaban J connectivity index is 2.07. The third-order valence-electron chi connectivity index (χ3n) is 4.46. The van der Waals surface area contributed by atoms with Crippen molar-refractivity contribution in [1.82, 2.24) is 4.90 Å². The Bertz CT molecular complexity index is 586. The van der Waals surface area contributed by atoms with Crippen molar-refractivity contribution in [3.8, 4) is 0 Å². The molecule has 0 radical (unpaired) electrons. The second-order valence-electron chi connectivity index (χ2n) is 6.20.